The summed E-state index contributed by atoms with van der Waals surface area (Å²) in [5.41, 5.74) is 3.20. The zero-order valence-corrected chi connectivity index (χ0v) is 16.3. The number of carbonyl (C=O) groups excluding carboxylic acids is 1. The van der Waals surface area contributed by atoms with Gasteiger partial charge >= 0.3 is 0 Å². The van der Waals surface area contributed by atoms with E-state index in [2.05, 4.69) is 39.5 Å². The predicted molar refractivity (Wildman–Crippen MR) is 111 cm³/mol. The molecule has 2 aliphatic rings. The second-order valence-electron chi connectivity index (χ2n) is 8.04. The standard InChI is InChI=1S/C23H24N4O2/c28-22(20-14-24-21-9-3-4-11-27(21)23(20)29)25-18-8-5-10-26(15-18)19-12-16-6-1-2-7-17(16)13-19/h1-4,6-7,9,11,14,18-19H,5,8,10,12-13,15H2,(H,25,28). The molecule has 1 N–H and O–H groups in total. The van der Waals surface area contributed by atoms with Crippen LogP contribution < -0.4 is 10.9 Å². The molecule has 0 bridgehead atoms. The molecule has 5 rings (SSSR count). The van der Waals surface area contributed by atoms with E-state index in [1.165, 1.54) is 21.7 Å². The van der Waals surface area contributed by atoms with Gasteiger partial charge in [-0.1, -0.05) is 30.3 Å². The lowest BCUT2D eigenvalue weighted by atomic mass is 10.0. The molecule has 29 heavy (non-hydrogen) atoms. The number of hydrogen-bond acceptors (Lipinski definition) is 4. The molecule has 2 aromatic heterocycles. The molecule has 3 heterocycles. The molecule has 1 atom stereocenters. The molecular formula is C23H24N4O2. The molecule has 3 aromatic rings. The molecule has 0 saturated carbocycles. The highest BCUT2D eigenvalue weighted by Crippen LogP contribution is 2.27. The van der Waals surface area contributed by atoms with Gasteiger partial charge in [-0.3, -0.25) is 18.9 Å². The zero-order chi connectivity index (χ0) is 19.8. The van der Waals surface area contributed by atoms with Gasteiger partial charge in [0.05, 0.1) is 0 Å². The van der Waals surface area contributed by atoms with E-state index in [4.69, 9.17) is 0 Å². The van der Waals surface area contributed by atoms with Crippen molar-refractivity contribution in [3.63, 3.8) is 0 Å². The summed E-state index contributed by atoms with van der Waals surface area (Å²) in [5.74, 6) is -0.331. The van der Waals surface area contributed by atoms with Crippen molar-refractivity contribution >= 4 is 11.6 Å². The van der Waals surface area contributed by atoms with E-state index in [0.29, 0.717) is 11.7 Å². The third-order valence-electron chi connectivity index (χ3n) is 6.19. The highest BCUT2D eigenvalue weighted by molar-refractivity contribution is 5.93. The minimum Gasteiger partial charge on any atom is -0.348 e. The number of fused-ring (bicyclic) bond motifs is 2. The fraction of sp³-hybridized carbons (Fsp3) is 0.348. The van der Waals surface area contributed by atoms with Gasteiger partial charge in [0.1, 0.15) is 11.2 Å². The van der Waals surface area contributed by atoms with Gasteiger partial charge in [-0.25, -0.2) is 4.98 Å². The predicted octanol–water partition coefficient (Wildman–Crippen LogP) is 2.06. The number of benzene rings is 1. The maximum Gasteiger partial charge on any atom is 0.270 e. The SMILES string of the molecule is O=C(NC1CCCN(C2Cc3ccccc3C2)C1)c1cnc2ccccn2c1=O. The van der Waals surface area contributed by atoms with Gasteiger partial charge in [0.25, 0.3) is 11.5 Å². The Kier molecular flexibility index (Phi) is 4.64. The van der Waals surface area contributed by atoms with Gasteiger partial charge in [-0.15, -0.1) is 0 Å². The topological polar surface area (TPSA) is 66.7 Å². The van der Waals surface area contributed by atoms with Crippen molar-refractivity contribution in [2.45, 2.75) is 37.8 Å². The molecule has 1 aliphatic carbocycles. The summed E-state index contributed by atoms with van der Waals surface area (Å²) in [6, 6.07) is 14.5. The summed E-state index contributed by atoms with van der Waals surface area (Å²) in [7, 11) is 0. The van der Waals surface area contributed by atoms with Crippen LogP contribution in [0.4, 0.5) is 0 Å². The molecule has 1 saturated heterocycles. The Hall–Kier alpha value is -2.99. The number of aromatic nitrogens is 2. The fourth-order valence-corrected chi connectivity index (χ4v) is 4.70. The Morgan fingerprint density at radius 1 is 1.07 bits per heavy atom. The van der Waals surface area contributed by atoms with Crippen molar-refractivity contribution in [3.05, 3.63) is 81.9 Å². The highest BCUT2D eigenvalue weighted by Gasteiger charge is 2.31. The lowest BCUT2D eigenvalue weighted by molar-refractivity contribution is 0.0874. The molecule has 1 amide bonds. The average molecular weight is 388 g/mol. The van der Waals surface area contributed by atoms with Crippen LogP contribution in [-0.2, 0) is 12.8 Å². The van der Waals surface area contributed by atoms with Crippen molar-refractivity contribution in [2.24, 2.45) is 0 Å². The van der Waals surface area contributed by atoms with Crippen LogP contribution in [0.2, 0.25) is 0 Å². The van der Waals surface area contributed by atoms with E-state index in [-0.39, 0.29) is 23.1 Å². The Morgan fingerprint density at radius 2 is 1.83 bits per heavy atom. The number of amides is 1. The van der Waals surface area contributed by atoms with E-state index in [0.717, 1.165) is 38.8 Å². The van der Waals surface area contributed by atoms with Crippen molar-refractivity contribution in [3.8, 4) is 0 Å². The van der Waals surface area contributed by atoms with E-state index in [1.807, 2.05) is 6.07 Å². The maximum absolute atomic E-state index is 12.8. The summed E-state index contributed by atoms with van der Waals surface area (Å²) in [5, 5.41) is 3.08. The first-order valence-electron chi connectivity index (χ1n) is 10.3. The quantitative estimate of drug-likeness (QED) is 0.746. The lowest BCUT2D eigenvalue weighted by Gasteiger charge is -2.37. The summed E-state index contributed by atoms with van der Waals surface area (Å²) in [4.78, 5) is 32.2. The summed E-state index contributed by atoms with van der Waals surface area (Å²) >= 11 is 0. The Bertz CT molecular complexity index is 1100. The Balaban J connectivity index is 1.28. The molecule has 148 valence electrons. The van der Waals surface area contributed by atoms with E-state index < -0.39 is 0 Å². The van der Waals surface area contributed by atoms with Crippen LogP contribution in [0.15, 0.2) is 59.7 Å². The molecule has 1 aromatic carbocycles. The first kappa shape index (κ1) is 18.1. The number of nitrogens with one attached hydrogen (secondary N) is 1. The number of rotatable bonds is 3. The van der Waals surface area contributed by atoms with E-state index in [1.54, 1.807) is 18.3 Å². The molecular weight excluding hydrogens is 364 g/mol. The molecule has 0 radical (unpaired) electrons. The van der Waals surface area contributed by atoms with Crippen LogP contribution in [0, 0.1) is 0 Å². The molecule has 0 spiro atoms. The van der Waals surface area contributed by atoms with Crippen LogP contribution in [0.5, 0.6) is 0 Å². The number of piperidine rings is 1. The van der Waals surface area contributed by atoms with E-state index in [9.17, 15) is 9.59 Å². The third-order valence-corrected chi connectivity index (χ3v) is 6.19. The first-order valence-corrected chi connectivity index (χ1v) is 10.3. The second kappa shape index (κ2) is 7.44. The van der Waals surface area contributed by atoms with Crippen LogP contribution in [0.1, 0.15) is 34.3 Å². The Labute approximate surface area is 169 Å². The van der Waals surface area contributed by atoms with Gasteiger partial charge in [0, 0.05) is 31.0 Å². The minimum atomic E-state index is -0.331. The number of nitrogens with zero attached hydrogens (tertiary/aromatic N) is 3. The van der Waals surface area contributed by atoms with Crippen LogP contribution >= 0.6 is 0 Å². The lowest BCUT2D eigenvalue weighted by Crippen LogP contribution is -2.51. The molecule has 6 nitrogen and oxygen atoms in total. The molecule has 6 heteroatoms. The monoisotopic (exact) mass is 388 g/mol. The summed E-state index contributed by atoms with van der Waals surface area (Å²) < 4.78 is 1.41. The minimum absolute atomic E-state index is 0.0517. The van der Waals surface area contributed by atoms with E-state index >= 15 is 0 Å². The highest BCUT2D eigenvalue weighted by atomic mass is 16.2. The second-order valence-corrected chi connectivity index (χ2v) is 8.04. The van der Waals surface area contributed by atoms with Gasteiger partial charge in [0.15, 0.2) is 0 Å². The number of carbonyl (C=O) groups is 1. The van der Waals surface area contributed by atoms with Gasteiger partial charge in [0.2, 0.25) is 0 Å². The fourth-order valence-electron chi connectivity index (χ4n) is 4.70. The normalized spacial score (nSPS) is 19.9. The first-order chi connectivity index (χ1) is 14.2. The van der Waals surface area contributed by atoms with Crippen molar-refractivity contribution in [2.75, 3.05) is 13.1 Å². The molecule has 1 unspecified atom stereocenters. The third kappa shape index (κ3) is 3.44. The maximum atomic E-state index is 12.8. The summed E-state index contributed by atoms with van der Waals surface area (Å²) in [6.45, 7) is 1.89. The van der Waals surface area contributed by atoms with Gasteiger partial charge in [-0.05, 0) is 55.5 Å². The number of likely N-dealkylation sites (tertiary alicyclic amines) is 1. The smallest absolute Gasteiger partial charge is 0.270 e. The van der Waals surface area contributed by atoms with Crippen LogP contribution in [0.25, 0.3) is 5.65 Å². The van der Waals surface area contributed by atoms with Crippen LogP contribution in [-0.4, -0.2) is 45.4 Å². The van der Waals surface area contributed by atoms with Gasteiger partial charge < -0.3 is 5.32 Å². The molecule has 1 fully saturated rings. The number of hydrogen-bond donors (Lipinski definition) is 1. The molecule has 1 aliphatic heterocycles. The Morgan fingerprint density at radius 3 is 2.62 bits per heavy atom. The number of pyridine rings is 1. The largest absolute Gasteiger partial charge is 0.348 e. The van der Waals surface area contributed by atoms with Gasteiger partial charge in [-0.2, -0.15) is 0 Å². The van der Waals surface area contributed by atoms with Crippen molar-refractivity contribution in [1.29, 1.82) is 0 Å². The summed E-state index contributed by atoms with van der Waals surface area (Å²) in [6.07, 6.45) is 7.17. The zero-order valence-electron chi connectivity index (χ0n) is 16.3. The van der Waals surface area contributed by atoms with Crippen molar-refractivity contribution in [1.82, 2.24) is 19.6 Å². The van der Waals surface area contributed by atoms with Crippen LogP contribution in [0.3, 0.4) is 0 Å². The van der Waals surface area contributed by atoms with Crippen molar-refractivity contribution < 1.29 is 4.79 Å². The average Bonchev–Trinajstić information content (AvgIpc) is 3.19.